The van der Waals surface area contributed by atoms with Crippen molar-refractivity contribution in [3.63, 3.8) is 0 Å². The van der Waals surface area contributed by atoms with Gasteiger partial charge in [0, 0.05) is 18.0 Å². The summed E-state index contributed by atoms with van der Waals surface area (Å²) in [5, 5.41) is 0.769. The maximum atomic E-state index is 4.17. The fraction of sp³-hybridized carbons (Fsp3) is 0.143. The van der Waals surface area contributed by atoms with E-state index in [1.165, 1.54) is 17.3 Å². The molecule has 1 heterocycles. The van der Waals surface area contributed by atoms with Crippen molar-refractivity contribution in [3.05, 3.63) is 53.3 Å². The largest absolute Gasteiger partial charge is 0.230 e. The minimum Gasteiger partial charge on any atom is -0.230 e. The van der Waals surface area contributed by atoms with Crippen LogP contribution < -0.4 is 0 Å². The zero-order valence-electron chi connectivity index (χ0n) is 9.77. The van der Waals surface area contributed by atoms with Gasteiger partial charge in [0.05, 0.1) is 5.56 Å². The summed E-state index contributed by atoms with van der Waals surface area (Å²) in [6, 6.07) is 8.13. The Morgan fingerprint density at radius 1 is 0.941 bits per heavy atom. The lowest BCUT2D eigenvalue weighted by Gasteiger charge is -1.93. The zero-order valence-corrected chi connectivity index (χ0v) is 10.6. The molecule has 1 aromatic carbocycles. The molecule has 84 valence electrons. The van der Waals surface area contributed by atoms with Crippen molar-refractivity contribution in [1.82, 2.24) is 9.97 Å². The summed E-state index contributed by atoms with van der Waals surface area (Å²) in [6.07, 6.45) is 5.45. The van der Waals surface area contributed by atoms with Crippen LogP contribution in [0, 0.1) is 18.8 Å². The van der Waals surface area contributed by atoms with E-state index < -0.39 is 0 Å². The number of rotatable bonds is 1. The van der Waals surface area contributed by atoms with E-state index in [2.05, 4.69) is 40.9 Å². The minimum atomic E-state index is 0.769. The molecular weight excluding hydrogens is 228 g/mol. The normalized spacial score (nSPS) is 9.53. The first kappa shape index (κ1) is 11.7. The van der Waals surface area contributed by atoms with Crippen LogP contribution in [0.2, 0.25) is 0 Å². The number of hydrogen-bond acceptors (Lipinski definition) is 3. The van der Waals surface area contributed by atoms with Crippen LogP contribution in [0.25, 0.3) is 0 Å². The van der Waals surface area contributed by atoms with Crippen LogP contribution in [0.3, 0.4) is 0 Å². The fourth-order valence-electron chi connectivity index (χ4n) is 1.27. The van der Waals surface area contributed by atoms with Crippen LogP contribution in [-0.2, 0) is 0 Å². The molecule has 0 N–H and O–H groups in total. The number of hydrogen-bond donors (Lipinski definition) is 0. The third-order valence-electron chi connectivity index (χ3n) is 2.21. The van der Waals surface area contributed by atoms with Crippen molar-refractivity contribution in [2.45, 2.75) is 12.1 Å². The number of nitrogens with zero attached hydrogens (tertiary/aromatic N) is 2. The summed E-state index contributed by atoms with van der Waals surface area (Å²) in [6.45, 7) is 2.06. The van der Waals surface area contributed by atoms with Crippen molar-refractivity contribution in [1.29, 1.82) is 0 Å². The van der Waals surface area contributed by atoms with E-state index in [0.717, 1.165) is 16.3 Å². The van der Waals surface area contributed by atoms with Gasteiger partial charge < -0.3 is 0 Å². The van der Waals surface area contributed by atoms with Crippen LogP contribution in [0.1, 0.15) is 16.7 Å². The molecule has 0 saturated heterocycles. The molecule has 0 spiro atoms. The molecule has 0 aliphatic carbocycles. The molecule has 3 heteroatoms. The summed E-state index contributed by atoms with van der Waals surface area (Å²) in [7, 11) is 0. The zero-order chi connectivity index (χ0) is 12.1. The third-order valence-corrected chi connectivity index (χ3v) is 2.79. The first-order valence-electron chi connectivity index (χ1n) is 5.22. The monoisotopic (exact) mass is 240 g/mol. The molecule has 2 nitrogen and oxygen atoms in total. The Labute approximate surface area is 106 Å². The summed E-state index contributed by atoms with van der Waals surface area (Å²) in [5.41, 5.74) is 3.08. The second kappa shape index (κ2) is 5.51. The Hall–Kier alpha value is -1.79. The Kier molecular flexibility index (Phi) is 3.79. The summed E-state index contributed by atoms with van der Waals surface area (Å²) in [5.74, 6) is 6.14. The molecule has 0 radical (unpaired) electrons. The Morgan fingerprint density at radius 3 is 2.12 bits per heavy atom. The van der Waals surface area contributed by atoms with Crippen LogP contribution in [0.5, 0.6) is 0 Å². The molecule has 0 bridgehead atoms. The van der Waals surface area contributed by atoms with Crippen molar-refractivity contribution in [2.75, 3.05) is 6.26 Å². The van der Waals surface area contributed by atoms with Gasteiger partial charge in [-0.25, -0.2) is 9.97 Å². The maximum Gasteiger partial charge on any atom is 0.187 e. The van der Waals surface area contributed by atoms with Gasteiger partial charge in [-0.2, -0.15) is 0 Å². The van der Waals surface area contributed by atoms with Crippen LogP contribution in [0.4, 0.5) is 0 Å². The van der Waals surface area contributed by atoms with Crippen LogP contribution >= 0.6 is 11.8 Å². The highest BCUT2D eigenvalue weighted by Gasteiger charge is 1.92. The van der Waals surface area contributed by atoms with E-state index in [1.807, 2.05) is 18.4 Å². The second-order valence-corrected chi connectivity index (χ2v) is 4.35. The Bertz CT molecular complexity index is 548. The lowest BCUT2D eigenvalue weighted by Crippen LogP contribution is -1.86. The predicted octanol–water partition coefficient (Wildman–Crippen LogP) is 2.91. The highest BCUT2D eigenvalue weighted by molar-refractivity contribution is 7.98. The molecule has 0 aliphatic heterocycles. The number of thioether (sulfide) groups is 1. The topological polar surface area (TPSA) is 25.8 Å². The van der Waals surface area contributed by atoms with E-state index in [4.69, 9.17) is 0 Å². The van der Waals surface area contributed by atoms with E-state index in [9.17, 15) is 0 Å². The number of benzene rings is 1. The first-order chi connectivity index (χ1) is 8.28. The number of aromatic nitrogens is 2. The molecule has 0 fully saturated rings. The van der Waals surface area contributed by atoms with E-state index in [1.54, 1.807) is 12.4 Å². The average Bonchev–Trinajstić information content (AvgIpc) is 2.39. The molecule has 2 rings (SSSR count). The number of aryl methyl sites for hydroxylation is 1. The lowest BCUT2D eigenvalue weighted by molar-refractivity contribution is 0.965. The second-order valence-electron chi connectivity index (χ2n) is 3.57. The van der Waals surface area contributed by atoms with Crippen LogP contribution in [0.15, 0.2) is 41.8 Å². The molecule has 1 aromatic heterocycles. The average molecular weight is 240 g/mol. The van der Waals surface area contributed by atoms with Gasteiger partial charge in [-0.15, -0.1) is 0 Å². The molecule has 0 amide bonds. The molecule has 2 aromatic rings. The van der Waals surface area contributed by atoms with Gasteiger partial charge in [-0.3, -0.25) is 0 Å². The van der Waals surface area contributed by atoms with Crippen molar-refractivity contribution < 1.29 is 0 Å². The van der Waals surface area contributed by atoms with E-state index in [0.29, 0.717) is 0 Å². The van der Waals surface area contributed by atoms with Gasteiger partial charge in [0.1, 0.15) is 0 Å². The molecule has 0 unspecified atom stereocenters. The van der Waals surface area contributed by atoms with Crippen molar-refractivity contribution in [2.24, 2.45) is 0 Å². The predicted molar refractivity (Wildman–Crippen MR) is 71.0 cm³/mol. The smallest absolute Gasteiger partial charge is 0.187 e. The minimum absolute atomic E-state index is 0.769. The first-order valence-corrected chi connectivity index (χ1v) is 6.45. The fourth-order valence-corrected chi connectivity index (χ4v) is 1.58. The molecule has 17 heavy (non-hydrogen) atoms. The van der Waals surface area contributed by atoms with E-state index in [-0.39, 0.29) is 0 Å². The molecule has 0 saturated carbocycles. The van der Waals surface area contributed by atoms with E-state index >= 15 is 0 Å². The molecule has 0 aliphatic rings. The highest BCUT2D eigenvalue weighted by Crippen LogP contribution is 2.06. The quantitative estimate of drug-likeness (QED) is 0.435. The highest BCUT2D eigenvalue weighted by atomic mass is 32.2. The maximum absolute atomic E-state index is 4.17. The summed E-state index contributed by atoms with van der Waals surface area (Å²) < 4.78 is 0. The van der Waals surface area contributed by atoms with Crippen molar-refractivity contribution >= 4 is 11.8 Å². The summed E-state index contributed by atoms with van der Waals surface area (Å²) in [4.78, 5) is 8.35. The van der Waals surface area contributed by atoms with Gasteiger partial charge in [-0.1, -0.05) is 41.3 Å². The Morgan fingerprint density at radius 2 is 1.53 bits per heavy atom. The van der Waals surface area contributed by atoms with Gasteiger partial charge in [-0.05, 0) is 25.3 Å². The summed E-state index contributed by atoms with van der Waals surface area (Å²) >= 11 is 1.52. The molecule has 0 atom stereocenters. The lowest BCUT2D eigenvalue weighted by atomic mass is 10.1. The SMILES string of the molecule is CSc1ncc(C#Cc2ccc(C)cc2)cn1. The van der Waals surface area contributed by atoms with Gasteiger partial charge in [0.25, 0.3) is 0 Å². The van der Waals surface area contributed by atoms with Gasteiger partial charge in [0.15, 0.2) is 5.16 Å². The molecular formula is C14H12N2S. The van der Waals surface area contributed by atoms with Gasteiger partial charge >= 0.3 is 0 Å². The Balaban J connectivity index is 2.17. The van der Waals surface area contributed by atoms with Gasteiger partial charge in [0.2, 0.25) is 0 Å². The van der Waals surface area contributed by atoms with Crippen molar-refractivity contribution in [3.8, 4) is 11.8 Å². The standard InChI is InChI=1S/C14H12N2S/c1-11-3-5-12(6-4-11)7-8-13-9-15-14(17-2)16-10-13/h3-6,9-10H,1-2H3. The van der Waals surface area contributed by atoms with Crippen LogP contribution in [-0.4, -0.2) is 16.2 Å². The third kappa shape index (κ3) is 3.33.